The van der Waals surface area contributed by atoms with Crippen molar-refractivity contribution in [2.45, 2.75) is 25.9 Å². The first-order chi connectivity index (χ1) is 14.6. The van der Waals surface area contributed by atoms with Gasteiger partial charge in [0.15, 0.2) is 0 Å². The van der Waals surface area contributed by atoms with Crippen LogP contribution in [-0.2, 0) is 21.0 Å². The molecule has 0 saturated carbocycles. The Bertz CT molecular complexity index is 927. The van der Waals surface area contributed by atoms with Crippen LogP contribution in [0.3, 0.4) is 0 Å². The lowest BCUT2D eigenvalue weighted by Gasteiger charge is -2.14. The van der Waals surface area contributed by atoms with E-state index in [0.717, 1.165) is 5.56 Å². The number of likely N-dealkylation sites (tertiary alicyclic amines) is 1. The number of carbonyl (C=O) groups is 3. The zero-order valence-corrected chi connectivity index (χ0v) is 16.6. The van der Waals surface area contributed by atoms with Crippen LogP contribution in [0.1, 0.15) is 24.8 Å². The average molecular weight is 404 g/mol. The molecule has 0 spiro atoms. The van der Waals surface area contributed by atoms with Gasteiger partial charge < -0.3 is 10.1 Å². The van der Waals surface area contributed by atoms with Crippen LogP contribution in [-0.4, -0.2) is 29.2 Å². The lowest BCUT2D eigenvalue weighted by Crippen LogP contribution is -2.34. The predicted octanol–water partition coefficient (Wildman–Crippen LogP) is 3.55. The fourth-order valence-electron chi connectivity index (χ4n) is 3.90. The van der Waals surface area contributed by atoms with Crippen LogP contribution in [0.5, 0.6) is 5.75 Å². The van der Waals surface area contributed by atoms with Gasteiger partial charge in [0, 0.05) is 18.7 Å². The first-order valence-electron chi connectivity index (χ1n) is 10.2. The van der Waals surface area contributed by atoms with Crippen LogP contribution < -0.4 is 10.1 Å². The molecule has 0 bridgehead atoms. The summed E-state index contributed by atoms with van der Waals surface area (Å²) in [7, 11) is 0. The number of carbonyl (C=O) groups excluding carboxylic acids is 3. The van der Waals surface area contributed by atoms with E-state index in [1.807, 2.05) is 42.5 Å². The second-order valence-electron chi connectivity index (χ2n) is 7.58. The SMILES string of the molecule is O=C(CCN1C(=O)[C@H]2CC=CC[C@@H]2C1=O)Nc1ccc(OCc2ccccc2)cc1. The highest BCUT2D eigenvalue weighted by atomic mass is 16.5. The summed E-state index contributed by atoms with van der Waals surface area (Å²) < 4.78 is 5.74. The number of rotatable bonds is 7. The van der Waals surface area contributed by atoms with Gasteiger partial charge >= 0.3 is 0 Å². The van der Waals surface area contributed by atoms with Gasteiger partial charge in [-0.05, 0) is 42.7 Å². The van der Waals surface area contributed by atoms with Gasteiger partial charge in [0.05, 0.1) is 11.8 Å². The number of amides is 3. The number of hydrogen-bond donors (Lipinski definition) is 1. The number of allylic oxidation sites excluding steroid dienone is 2. The van der Waals surface area contributed by atoms with E-state index in [9.17, 15) is 14.4 Å². The highest BCUT2D eigenvalue weighted by Crippen LogP contribution is 2.35. The van der Waals surface area contributed by atoms with Crippen molar-refractivity contribution in [1.82, 2.24) is 4.90 Å². The van der Waals surface area contributed by atoms with Gasteiger partial charge in [-0.3, -0.25) is 19.3 Å². The standard InChI is InChI=1S/C24H24N2O4/c27-22(14-15-26-23(28)20-8-4-5-9-21(20)24(26)29)25-18-10-12-19(13-11-18)30-16-17-6-2-1-3-7-17/h1-7,10-13,20-21H,8-9,14-16H2,(H,25,27)/t20-,21-/m0/s1. The number of benzene rings is 2. The highest BCUT2D eigenvalue weighted by molar-refractivity contribution is 6.05. The van der Waals surface area contributed by atoms with Crippen molar-refractivity contribution in [2.24, 2.45) is 11.8 Å². The number of nitrogens with one attached hydrogen (secondary N) is 1. The molecule has 1 N–H and O–H groups in total. The molecule has 0 unspecified atom stereocenters. The molecule has 154 valence electrons. The van der Waals surface area contributed by atoms with Crippen molar-refractivity contribution < 1.29 is 19.1 Å². The quantitative estimate of drug-likeness (QED) is 0.566. The molecule has 0 aromatic heterocycles. The van der Waals surface area contributed by atoms with E-state index in [-0.39, 0.29) is 42.5 Å². The van der Waals surface area contributed by atoms with Crippen LogP contribution >= 0.6 is 0 Å². The third-order valence-corrected chi connectivity index (χ3v) is 5.55. The van der Waals surface area contributed by atoms with Crippen LogP contribution in [0.4, 0.5) is 5.69 Å². The first-order valence-corrected chi connectivity index (χ1v) is 10.2. The molecule has 1 aliphatic carbocycles. The van der Waals surface area contributed by atoms with Crippen molar-refractivity contribution in [3.8, 4) is 5.75 Å². The van der Waals surface area contributed by atoms with E-state index in [4.69, 9.17) is 4.74 Å². The maximum atomic E-state index is 12.4. The minimum absolute atomic E-state index is 0.0800. The van der Waals surface area contributed by atoms with Crippen molar-refractivity contribution in [2.75, 3.05) is 11.9 Å². The highest BCUT2D eigenvalue weighted by Gasteiger charge is 2.46. The molecule has 2 aromatic carbocycles. The minimum Gasteiger partial charge on any atom is -0.489 e. The average Bonchev–Trinajstić information content (AvgIpc) is 3.02. The molecule has 1 fully saturated rings. The Hall–Kier alpha value is -3.41. The number of imide groups is 1. The molecule has 2 aliphatic rings. The molecule has 0 radical (unpaired) electrons. The van der Waals surface area contributed by atoms with Crippen molar-refractivity contribution >= 4 is 23.4 Å². The van der Waals surface area contributed by atoms with Gasteiger partial charge in [-0.25, -0.2) is 0 Å². The maximum absolute atomic E-state index is 12.4. The van der Waals surface area contributed by atoms with E-state index in [0.29, 0.717) is 30.9 Å². The Balaban J connectivity index is 1.25. The minimum atomic E-state index is -0.256. The third-order valence-electron chi connectivity index (χ3n) is 5.55. The molecule has 4 rings (SSSR count). The topological polar surface area (TPSA) is 75.7 Å². The second-order valence-corrected chi connectivity index (χ2v) is 7.58. The van der Waals surface area contributed by atoms with E-state index in [1.165, 1.54) is 4.90 Å². The van der Waals surface area contributed by atoms with E-state index in [2.05, 4.69) is 5.32 Å². The van der Waals surface area contributed by atoms with Crippen LogP contribution in [0.2, 0.25) is 0 Å². The molecule has 1 heterocycles. The van der Waals surface area contributed by atoms with Crippen LogP contribution in [0, 0.1) is 11.8 Å². The van der Waals surface area contributed by atoms with E-state index >= 15 is 0 Å². The number of fused-ring (bicyclic) bond motifs is 1. The molecule has 6 nitrogen and oxygen atoms in total. The number of ether oxygens (including phenoxy) is 1. The second kappa shape index (κ2) is 8.95. The molecule has 2 atom stereocenters. The van der Waals surface area contributed by atoms with Gasteiger partial charge in [0.1, 0.15) is 12.4 Å². The molecule has 2 aromatic rings. The summed E-state index contributed by atoms with van der Waals surface area (Å²) in [6.45, 7) is 0.594. The molecular weight excluding hydrogens is 380 g/mol. The Morgan fingerprint density at radius 1 is 0.933 bits per heavy atom. The van der Waals surface area contributed by atoms with Crippen molar-refractivity contribution in [3.05, 3.63) is 72.3 Å². The maximum Gasteiger partial charge on any atom is 0.233 e. The van der Waals surface area contributed by atoms with Crippen molar-refractivity contribution in [3.63, 3.8) is 0 Å². The summed E-state index contributed by atoms with van der Waals surface area (Å²) in [5, 5.41) is 2.80. The molecule has 30 heavy (non-hydrogen) atoms. The molecule has 1 saturated heterocycles. The van der Waals surface area contributed by atoms with Gasteiger partial charge in [0.25, 0.3) is 0 Å². The summed E-state index contributed by atoms with van der Waals surface area (Å²) >= 11 is 0. The lowest BCUT2D eigenvalue weighted by atomic mass is 9.85. The Kier molecular flexibility index (Phi) is 5.93. The summed E-state index contributed by atoms with van der Waals surface area (Å²) in [4.78, 5) is 38.4. The Morgan fingerprint density at radius 2 is 1.57 bits per heavy atom. The zero-order valence-electron chi connectivity index (χ0n) is 16.6. The largest absolute Gasteiger partial charge is 0.489 e. The summed E-state index contributed by atoms with van der Waals surface area (Å²) in [5.74, 6) is -0.338. The van der Waals surface area contributed by atoms with Crippen molar-refractivity contribution in [1.29, 1.82) is 0 Å². The fourth-order valence-corrected chi connectivity index (χ4v) is 3.90. The van der Waals surface area contributed by atoms with Gasteiger partial charge in [0.2, 0.25) is 17.7 Å². The summed E-state index contributed by atoms with van der Waals surface area (Å²) in [6, 6.07) is 17.0. The van der Waals surface area contributed by atoms with Crippen LogP contribution in [0.25, 0.3) is 0 Å². The van der Waals surface area contributed by atoms with Gasteiger partial charge in [-0.1, -0.05) is 42.5 Å². The van der Waals surface area contributed by atoms with Gasteiger partial charge in [-0.2, -0.15) is 0 Å². The Labute approximate surface area is 175 Å². The summed E-state index contributed by atoms with van der Waals surface area (Å²) in [5.41, 5.74) is 1.72. The number of hydrogen-bond acceptors (Lipinski definition) is 4. The molecular formula is C24H24N2O4. The molecule has 3 amide bonds. The Morgan fingerprint density at radius 3 is 2.20 bits per heavy atom. The van der Waals surface area contributed by atoms with E-state index < -0.39 is 0 Å². The predicted molar refractivity (Wildman–Crippen MR) is 113 cm³/mol. The molecule has 6 heteroatoms. The first kappa shape index (κ1) is 19.9. The number of anilines is 1. The fraction of sp³-hybridized carbons (Fsp3) is 0.292. The lowest BCUT2D eigenvalue weighted by molar-refractivity contribution is -0.140. The summed E-state index contributed by atoms with van der Waals surface area (Å²) in [6.07, 6.45) is 5.20. The smallest absolute Gasteiger partial charge is 0.233 e. The third kappa shape index (κ3) is 4.43. The molecule has 1 aliphatic heterocycles. The normalized spacial score (nSPS) is 20.2. The number of nitrogens with zero attached hydrogens (tertiary/aromatic N) is 1. The van der Waals surface area contributed by atoms with Gasteiger partial charge in [-0.15, -0.1) is 0 Å². The van der Waals surface area contributed by atoms with Crippen LogP contribution in [0.15, 0.2) is 66.7 Å². The van der Waals surface area contributed by atoms with E-state index in [1.54, 1.807) is 24.3 Å². The zero-order chi connectivity index (χ0) is 20.9. The monoisotopic (exact) mass is 404 g/mol.